The van der Waals surface area contributed by atoms with Crippen LogP contribution in [-0.4, -0.2) is 94.9 Å². The van der Waals surface area contributed by atoms with Gasteiger partial charge < -0.3 is 14.4 Å². The minimum atomic E-state index is -0.985. The van der Waals surface area contributed by atoms with Crippen molar-refractivity contribution in [2.45, 2.75) is 70.6 Å². The Hall–Kier alpha value is -3.47. The number of amides is 5. The number of nitrogens with one attached hydrogen (secondary N) is 1. The van der Waals surface area contributed by atoms with E-state index < -0.39 is 35.3 Å². The van der Waals surface area contributed by atoms with Crippen molar-refractivity contribution >= 4 is 29.7 Å². The molecule has 3 fully saturated rings. The zero-order valence-corrected chi connectivity index (χ0v) is 22.6. The summed E-state index contributed by atoms with van der Waals surface area (Å²) in [6.07, 6.45) is 2.56. The van der Waals surface area contributed by atoms with E-state index in [2.05, 4.69) is 10.2 Å². The van der Waals surface area contributed by atoms with Gasteiger partial charge in [-0.2, -0.15) is 0 Å². The summed E-state index contributed by atoms with van der Waals surface area (Å²) in [7, 11) is 0. The number of carbonyl (C=O) groups excluding carboxylic acids is 5. The van der Waals surface area contributed by atoms with Crippen molar-refractivity contribution in [2.75, 3.05) is 32.8 Å². The van der Waals surface area contributed by atoms with E-state index in [-0.39, 0.29) is 29.9 Å². The minimum absolute atomic E-state index is 0.0543. The second-order valence-electron chi connectivity index (χ2n) is 12.5. The van der Waals surface area contributed by atoms with Gasteiger partial charge in [-0.25, -0.2) is 4.79 Å². The summed E-state index contributed by atoms with van der Waals surface area (Å²) in [5, 5.41) is 2.23. The molecule has 0 saturated carbocycles. The quantitative estimate of drug-likeness (QED) is 0.565. The molecule has 6 rings (SSSR count). The largest absolute Gasteiger partial charge is 0.493 e. The summed E-state index contributed by atoms with van der Waals surface area (Å²) in [6.45, 7) is 9.29. The maximum atomic E-state index is 13.3. The Balaban J connectivity index is 1.10. The SMILES string of the molecule is CC(C)(C)OC(=O)N1CC(N2CCC3(CC2)COc2cc4c(cc2C3)C(=O)N(C2CCC(=O)NC2=O)C4=O)C1. The Bertz CT molecular complexity index is 1270. The number of ether oxygens (including phenoxy) is 2. The van der Waals surface area contributed by atoms with Gasteiger partial charge in [0.05, 0.1) is 17.7 Å². The third-order valence-corrected chi connectivity index (χ3v) is 8.61. The Kier molecular flexibility index (Phi) is 5.98. The first-order valence-corrected chi connectivity index (χ1v) is 13.7. The number of rotatable bonds is 2. The molecule has 1 unspecified atom stereocenters. The molecule has 1 spiro atoms. The van der Waals surface area contributed by atoms with Gasteiger partial charge in [0.15, 0.2) is 0 Å². The number of carbonyl (C=O) groups is 5. The summed E-state index contributed by atoms with van der Waals surface area (Å²) < 4.78 is 11.6. The lowest BCUT2D eigenvalue weighted by molar-refractivity contribution is -0.136. The molecule has 5 amide bonds. The van der Waals surface area contributed by atoms with Crippen LogP contribution in [0.3, 0.4) is 0 Å². The lowest BCUT2D eigenvalue weighted by atomic mass is 9.72. The van der Waals surface area contributed by atoms with Crippen LogP contribution in [0, 0.1) is 5.41 Å². The molecule has 1 atom stereocenters. The zero-order chi connectivity index (χ0) is 27.7. The molecule has 0 aliphatic carbocycles. The number of nitrogens with zero attached hydrogens (tertiary/aromatic N) is 3. The molecule has 39 heavy (non-hydrogen) atoms. The van der Waals surface area contributed by atoms with Gasteiger partial charge in [0.1, 0.15) is 17.4 Å². The second-order valence-corrected chi connectivity index (χ2v) is 12.5. The van der Waals surface area contributed by atoms with Crippen molar-refractivity contribution < 1.29 is 33.4 Å². The number of hydrogen-bond acceptors (Lipinski definition) is 8. The van der Waals surface area contributed by atoms with Crippen LogP contribution in [-0.2, 0) is 20.7 Å². The molecule has 3 saturated heterocycles. The number of imide groups is 2. The third kappa shape index (κ3) is 4.56. The van der Waals surface area contributed by atoms with Crippen molar-refractivity contribution in [1.29, 1.82) is 0 Å². The van der Waals surface area contributed by atoms with Crippen molar-refractivity contribution in [3.63, 3.8) is 0 Å². The van der Waals surface area contributed by atoms with Gasteiger partial charge in [-0.15, -0.1) is 0 Å². The average Bonchev–Trinajstić information content (AvgIpc) is 3.06. The maximum absolute atomic E-state index is 13.3. The van der Waals surface area contributed by atoms with E-state index in [1.807, 2.05) is 20.8 Å². The van der Waals surface area contributed by atoms with Crippen molar-refractivity contribution in [1.82, 2.24) is 20.0 Å². The lowest BCUT2D eigenvalue weighted by Crippen LogP contribution is -2.63. The van der Waals surface area contributed by atoms with E-state index in [0.29, 0.717) is 37.1 Å². The summed E-state index contributed by atoms with van der Waals surface area (Å²) in [4.78, 5) is 67.7. The van der Waals surface area contributed by atoms with Crippen LogP contribution >= 0.6 is 0 Å². The lowest BCUT2D eigenvalue weighted by Gasteiger charge is -2.50. The number of fused-ring (bicyclic) bond motifs is 2. The summed E-state index contributed by atoms with van der Waals surface area (Å²) >= 11 is 0. The highest BCUT2D eigenvalue weighted by Crippen LogP contribution is 2.44. The maximum Gasteiger partial charge on any atom is 0.410 e. The normalized spacial score (nSPS) is 25.2. The van der Waals surface area contributed by atoms with Crippen LogP contribution in [0.25, 0.3) is 0 Å². The molecule has 5 aliphatic heterocycles. The van der Waals surface area contributed by atoms with E-state index in [0.717, 1.165) is 42.8 Å². The highest BCUT2D eigenvalue weighted by atomic mass is 16.6. The fourth-order valence-electron chi connectivity index (χ4n) is 6.35. The highest BCUT2D eigenvalue weighted by molar-refractivity contribution is 6.23. The molecule has 208 valence electrons. The van der Waals surface area contributed by atoms with E-state index in [4.69, 9.17) is 9.47 Å². The fourth-order valence-corrected chi connectivity index (χ4v) is 6.35. The first-order valence-electron chi connectivity index (χ1n) is 13.7. The molecule has 0 bridgehead atoms. The number of likely N-dealkylation sites (tertiary alicyclic amines) is 2. The molecule has 5 heterocycles. The van der Waals surface area contributed by atoms with Crippen LogP contribution in [0.5, 0.6) is 5.75 Å². The first-order chi connectivity index (χ1) is 18.4. The molecule has 11 nitrogen and oxygen atoms in total. The van der Waals surface area contributed by atoms with E-state index in [1.165, 1.54) is 0 Å². The summed E-state index contributed by atoms with van der Waals surface area (Å²) in [5.74, 6) is -1.43. The van der Waals surface area contributed by atoms with Crippen molar-refractivity contribution in [2.24, 2.45) is 5.41 Å². The van der Waals surface area contributed by atoms with Crippen molar-refractivity contribution in [3.05, 3.63) is 28.8 Å². The van der Waals surface area contributed by atoms with Gasteiger partial charge in [-0.3, -0.25) is 34.3 Å². The predicted octanol–water partition coefficient (Wildman–Crippen LogP) is 1.72. The predicted molar refractivity (Wildman–Crippen MR) is 137 cm³/mol. The van der Waals surface area contributed by atoms with Gasteiger partial charge in [-0.1, -0.05) is 0 Å². The van der Waals surface area contributed by atoms with Gasteiger partial charge in [0.2, 0.25) is 11.8 Å². The zero-order valence-electron chi connectivity index (χ0n) is 22.6. The number of hydrogen-bond donors (Lipinski definition) is 1. The van der Waals surface area contributed by atoms with Crippen LogP contribution in [0.4, 0.5) is 4.79 Å². The standard InChI is InChI=1S/C28H34N4O7/c1-27(2,3)39-26(37)31-13-17(14-31)30-8-6-28(7-9-30)12-16-10-18-19(11-21(16)38-15-28)25(36)32(24(18)35)20-4-5-22(33)29-23(20)34/h10-11,17,20H,4-9,12-15H2,1-3H3,(H,29,33,34). The molecular weight excluding hydrogens is 504 g/mol. The van der Waals surface area contributed by atoms with Crippen LogP contribution in [0.15, 0.2) is 12.1 Å². The van der Waals surface area contributed by atoms with Gasteiger partial charge in [0.25, 0.3) is 11.8 Å². The molecule has 5 aliphatic rings. The van der Waals surface area contributed by atoms with Crippen LogP contribution in [0.2, 0.25) is 0 Å². The first kappa shape index (κ1) is 25.8. The second kappa shape index (κ2) is 9.04. The smallest absolute Gasteiger partial charge is 0.410 e. The van der Waals surface area contributed by atoms with E-state index in [1.54, 1.807) is 17.0 Å². The number of piperidine rings is 2. The fraction of sp³-hybridized carbons (Fsp3) is 0.607. The molecule has 1 aromatic carbocycles. The molecule has 1 aromatic rings. The Morgan fingerprint density at radius 2 is 1.72 bits per heavy atom. The van der Waals surface area contributed by atoms with Gasteiger partial charge >= 0.3 is 6.09 Å². The van der Waals surface area contributed by atoms with E-state index in [9.17, 15) is 24.0 Å². The summed E-state index contributed by atoms with van der Waals surface area (Å²) in [6, 6.07) is 2.74. The molecule has 0 aromatic heterocycles. The number of benzene rings is 1. The van der Waals surface area contributed by atoms with Crippen molar-refractivity contribution in [3.8, 4) is 5.75 Å². The minimum Gasteiger partial charge on any atom is -0.493 e. The Morgan fingerprint density at radius 1 is 1.05 bits per heavy atom. The monoisotopic (exact) mass is 538 g/mol. The van der Waals surface area contributed by atoms with Gasteiger partial charge in [-0.05, 0) is 77.2 Å². The average molecular weight is 539 g/mol. The van der Waals surface area contributed by atoms with Gasteiger partial charge in [0, 0.05) is 31.0 Å². The van der Waals surface area contributed by atoms with Crippen LogP contribution < -0.4 is 10.1 Å². The highest BCUT2D eigenvalue weighted by Gasteiger charge is 2.47. The Morgan fingerprint density at radius 3 is 2.36 bits per heavy atom. The molecule has 11 heteroatoms. The Labute approximate surface area is 226 Å². The molecule has 1 N–H and O–H groups in total. The molecule has 0 radical (unpaired) electrons. The van der Waals surface area contributed by atoms with E-state index >= 15 is 0 Å². The third-order valence-electron chi connectivity index (χ3n) is 8.61. The van der Waals surface area contributed by atoms with Crippen LogP contribution in [0.1, 0.15) is 72.7 Å². The molecular formula is C28H34N4O7. The topological polar surface area (TPSA) is 126 Å². The summed E-state index contributed by atoms with van der Waals surface area (Å²) in [5.41, 5.74) is 0.880.